The Bertz CT molecular complexity index is 718. The highest BCUT2D eigenvalue weighted by molar-refractivity contribution is 6.30. The molecule has 26 heavy (non-hydrogen) atoms. The first-order valence-corrected chi connectivity index (χ1v) is 9.13. The Morgan fingerprint density at radius 1 is 1.08 bits per heavy atom. The van der Waals surface area contributed by atoms with Gasteiger partial charge in [0.1, 0.15) is 18.5 Å². The van der Waals surface area contributed by atoms with E-state index in [0.717, 1.165) is 18.7 Å². The summed E-state index contributed by atoms with van der Waals surface area (Å²) >= 11 is 5.92. The van der Waals surface area contributed by atoms with Gasteiger partial charge in [0.15, 0.2) is 0 Å². The number of aliphatic hydroxyl groups excluding tert-OH is 1. The van der Waals surface area contributed by atoms with Crippen LogP contribution in [0.2, 0.25) is 5.02 Å². The van der Waals surface area contributed by atoms with Crippen molar-refractivity contribution in [2.75, 3.05) is 39.3 Å². The van der Waals surface area contributed by atoms with Crippen molar-refractivity contribution in [3.8, 4) is 5.75 Å². The van der Waals surface area contributed by atoms with Gasteiger partial charge in [-0.2, -0.15) is 0 Å². The highest BCUT2D eigenvalue weighted by Gasteiger charge is 2.23. The molecule has 0 saturated carbocycles. The molecule has 3 rings (SSSR count). The van der Waals surface area contributed by atoms with Crippen LogP contribution in [0.5, 0.6) is 5.75 Å². The number of amides is 1. The minimum absolute atomic E-state index is 0.0649. The second-order valence-electron chi connectivity index (χ2n) is 6.38. The lowest BCUT2D eigenvalue weighted by Gasteiger charge is -2.35. The maximum absolute atomic E-state index is 12.4. The van der Waals surface area contributed by atoms with Crippen molar-refractivity contribution in [3.63, 3.8) is 0 Å². The molecule has 6 heteroatoms. The largest absolute Gasteiger partial charge is 0.491 e. The van der Waals surface area contributed by atoms with Crippen LogP contribution in [0.4, 0.5) is 0 Å². The minimum atomic E-state index is -0.592. The highest BCUT2D eigenvalue weighted by Crippen LogP contribution is 2.17. The maximum atomic E-state index is 12.4. The molecular formula is C20H23ClN2O3. The molecule has 138 valence electrons. The minimum Gasteiger partial charge on any atom is -0.491 e. The summed E-state index contributed by atoms with van der Waals surface area (Å²) in [6, 6.07) is 16.5. The fourth-order valence-corrected chi connectivity index (χ4v) is 3.18. The first-order chi connectivity index (χ1) is 12.6. The van der Waals surface area contributed by atoms with Gasteiger partial charge in [-0.05, 0) is 30.3 Å². The lowest BCUT2D eigenvalue weighted by atomic mass is 10.2. The molecular weight excluding hydrogens is 352 g/mol. The number of carbonyl (C=O) groups is 1. The van der Waals surface area contributed by atoms with E-state index in [1.807, 2.05) is 47.4 Å². The number of halogens is 1. The standard InChI is InChI=1S/C20H23ClN2O3/c21-17-7-4-8-19(13-17)26-15-18(24)14-22-9-11-23(12-10-22)20(25)16-5-2-1-3-6-16/h1-8,13,18,24H,9-12,14-15H2/t18-/m1/s1. The second-order valence-corrected chi connectivity index (χ2v) is 6.82. The van der Waals surface area contributed by atoms with Gasteiger partial charge in [0.25, 0.3) is 5.91 Å². The smallest absolute Gasteiger partial charge is 0.253 e. The number of hydrogen-bond donors (Lipinski definition) is 1. The molecule has 1 fully saturated rings. The number of carbonyl (C=O) groups excluding carboxylic acids is 1. The molecule has 0 aromatic heterocycles. The Morgan fingerprint density at radius 2 is 1.81 bits per heavy atom. The third kappa shape index (κ3) is 5.21. The van der Waals surface area contributed by atoms with Crippen LogP contribution in [0.1, 0.15) is 10.4 Å². The van der Waals surface area contributed by atoms with Crippen LogP contribution in [-0.4, -0.2) is 66.2 Å². The molecule has 1 N–H and O–H groups in total. The number of piperazine rings is 1. The third-order valence-corrected chi connectivity index (χ3v) is 4.62. The molecule has 1 aliphatic rings. The average Bonchev–Trinajstić information content (AvgIpc) is 2.67. The van der Waals surface area contributed by atoms with Crippen molar-refractivity contribution >= 4 is 17.5 Å². The van der Waals surface area contributed by atoms with E-state index in [4.69, 9.17) is 16.3 Å². The van der Waals surface area contributed by atoms with E-state index in [9.17, 15) is 9.90 Å². The molecule has 1 heterocycles. The molecule has 0 bridgehead atoms. The van der Waals surface area contributed by atoms with Crippen molar-refractivity contribution in [2.24, 2.45) is 0 Å². The number of β-amino-alcohol motifs (C(OH)–C–C–N with tert-alkyl or cyclic N) is 1. The van der Waals surface area contributed by atoms with Gasteiger partial charge >= 0.3 is 0 Å². The molecule has 0 spiro atoms. The van der Waals surface area contributed by atoms with Crippen molar-refractivity contribution < 1.29 is 14.6 Å². The zero-order valence-electron chi connectivity index (χ0n) is 14.6. The van der Waals surface area contributed by atoms with Gasteiger partial charge in [0.2, 0.25) is 0 Å². The predicted molar refractivity (Wildman–Crippen MR) is 102 cm³/mol. The van der Waals surface area contributed by atoms with Crippen LogP contribution >= 0.6 is 11.6 Å². The van der Waals surface area contributed by atoms with Crippen molar-refractivity contribution in [3.05, 3.63) is 65.2 Å². The summed E-state index contributed by atoms with van der Waals surface area (Å²) in [7, 11) is 0. The summed E-state index contributed by atoms with van der Waals surface area (Å²) in [5.41, 5.74) is 0.718. The number of ether oxygens (including phenoxy) is 1. The lowest BCUT2D eigenvalue weighted by molar-refractivity contribution is 0.0403. The maximum Gasteiger partial charge on any atom is 0.253 e. The number of rotatable bonds is 6. The van der Waals surface area contributed by atoms with E-state index in [2.05, 4.69) is 4.90 Å². The van der Waals surface area contributed by atoms with Crippen LogP contribution < -0.4 is 4.74 Å². The van der Waals surface area contributed by atoms with Gasteiger partial charge in [-0.3, -0.25) is 9.69 Å². The van der Waals surface area contributed by atoms with Crippen molar-refractivity contribution in [2.45, 2.75) is 6.10 Å². The van der Waals surface area contributed by atoms with Gasteiger partial charge in [0, 0.05) is 43.3 Å². The van der Waals surface area contributed by atoms with Crippen LogP contribution in [0.15, 0.2) is 54.6 Å². The molecule has 0 aliphatic carbocycles. The highest BCUT2D eigenvalue weighted by atomic mass is 35.5. The van der Waals surface area contributed by atoms with E-state index in [1.165, 1.54) is 0 Å². The van der Waals surface area contributed by atoms with Crippen LogP contribution in [0.3, 0.4) is 0 Å². The topological polar surface area (TPSA) is 53.0 Å². The Morgan fingerprint density at radius 3 is 2.50 bits per heavy atom. The van der Waals surface area contributed by atoms with E-state index >= 15 is 0 Å². The average molecular weight is 375 g/mol. The van der Waals surface area contributed by atoms with Gasteiger partial charge in [-0.15, -0.1) is 0 Å². The Balaban J connectivity index is 1.41. The number of hydrogen-bond acceptors (Lipinski definition) is 4. The van der Waals surface area contributed by atoms with Gasteiger partial charge < -0.3 is 14.7 Å². The van der Waals surface area contributed by atoms with Crippen LogP contribution in [0.25, 0.3) is 0 Å². The summed E-state index contributed by atoms with van der Waals surface area (Å²) in [5.74, 6) is 0.713. The van der Waals surface area contributed by atoms with E-state index in [1.54, 1.807) is 12.1 Å². The molecule has 1 atom stereocenters. The van der Waals surface area contributed by atoms with Crippen molar-refractivity contribution in [1.29, 1.82) is 0 Å². The normalized spacial score (nSPS) is 16.3. The van der Waals surface area contributed by atoms with E-state index in [0.29, 0.717) is 30.4 Å². The summed E-state index contributed by atoms with van der Waals surface area (Å²) < 4.78 is 5.58. The van der Waals surface area contributed by atoms with Gasteiger partial charge in [0.05, 0.1) is 0 Å². The number of nitrogens with zero attached hydrogens (tertiary/aromatic N) is 2. The quantitative estimate of drug-likeness (QED) is 0.844. The molecule has 0 unspecified atom stereocenters. The molecule has 2 aromatic rings. The van der Waals surface area contributed by atoms with Crippen LogP contribution in [0, 0.1) is 0 Å². The number of benzene rings is 2. The zero-order valence-corrected chi connectivity index (χ0v) is 15.3. The molecule has 1 aliphatic heterocycles. The summed E-state index contributed by atoms with van der Waals surface area (Å²) in [4.78, 5) is 16.5. The SMILES string of the molecule is O=C(c1ccccc1)N1CCN(C[C@@H](O)COc2cccc(Cl)c2)CC1. The molecule has 2 aromatic carbocycles. The first kappa shape index (κ1) is 18.7. The van der Waals surface area contributed by atoms with Crippen LogP contribution in [-0.2, 0) is 0 Å². The monoisotopic (exact) mass is 374 g/mol. The first-order valence-electron chi connectivity index (χ1n) is 8.75. The summed E-state index contributed by atoms with van der Waals surface area (Å²) in [6.45, 7) is 3.54. The van der Waals surface area contributed by atoms with E-state index in [-0.39, 0.29) is 12.5 Å². The summed E-state index contributed by atoms with van der Waals surface area (Å²) in [5, 5.41) is 10.8. The van der Waals surface area contributed by atoms with Crippen molar-refractivity contribution in [1.82, 2.24) is 9.80 Å². The van der Waals surface area contributed by atoms with Gasteiger partial charge in [-0.25, -0.2) is 0 Å². The molecule has 1 amide bonds. The zero-order chi connectivity index (χ0) is 18.4. The number of aliphatic hydroxyl groups is 1. The Labute approximate surface area is 158 Å². The fraction of sp³-hybridized carbons (Fsp3) is 0.350. The molecule has 1 saturated heterocycles. The summed E-state index contributed by atoms with van der Waals surface area (Å²) in [6.07, 6.45) is -0.592. The lowest BCUT2D eigenvalue weighted by Crippen LogP contribution is -2.50. The molecule has 0 radical (unpaired) electrons. The fourth-order valence-electron chi connectivity index (χ4n) is 3.00. The Kier molecular flexibility index (Phi) is 6.50. The molecule has 5 nitrogen and oxygen atoms in total. The van der Waals surface area contributed by atoms with Gasteiger partial charge in [-0.1, -0.05) is 35.9 Å². The third-order valence-electron chi connectivity index (χ3n) is 4.39. The predicted octanol–water partition coefficient (Wildman–Crippen LogP) is 2.54. The van der Waals surface area contributed by atoms with E-state index < -0.39 is 6.10 Å². The second kappa shape index (κ2) is 9.03. The Hall–Kier alpha value is -2.08.